The molecule has 8 nitrogen and oxygen atoms in total. The number of benzene rings is 7. The Morgan fingerprint density at radius 3 is 0.852 bits per heavy atom. The Labute approximate surface area is 896 Å². The molecule has 15 aromatic rings. The Kier molecular flexibility index (Phi) is 39.2. The highest BCUT2D eigenvalue weighted by atomic mass is 32.2. The molecule has 8 aromatic heterocycles. The number of anilines is 6. The molecule has 142 heavy (non-hydrogen) atoms. The number of aromatic nitrogens is 2. The summed E-state index contributed by atoms with van der Waals surface area (Å²) in [7, 11) is 0. The summed E-state index contributed by atoms with van der Waals surface area (Å²) >= 11 is 29.9. The number of para-hydroxylation sites is 4. The molecule has 2 fully saturated rings. The zero-order valence-electron chi connectivity index (χ0n) is 83.6. The van der Waals surface area contributed by atoms with E-state index >= 15 is 0 Å². The largest absolute Gasteiger partial charge is 0.311 e. The number of rotatable bonds is 56. The molecular formula is C122H136N6O2S12. The van der Waals surface area contributed by atoms with Crippen LogP contribution >= 0.6 is 139 Å². The summed E-state index contributed by atoms with van der Waals surface area (Å²) < 4.78 is 3.59. The van der Waals surface area contributed by atoms with Crippen molar-refractivity contribution in [3.8, 4) is 81.0 Å². The van der Waals surface area contributed by atoms with E-state index in [1.54, 1.807) is 0 Å². The number of thiophene rings is 6. The van der Waals surface area contributed by atoms with Gasteiger partial charge in [-0.2, -0.15) is 0 Å². The predicted molar refractivity (Wildman–Crippen MR) is 639 cm³/mol. The van der Waals surface area contributed by atoms with Gasteiger partial charge in [-0.15, -0.1) is 90.7 Å². The lowest BCUT2D eigenvalue weighted by molar-refractivity contribution is -0.123. The van der Waals surface area contributed by atoms with Crippen LogP contribution in [0.1, 0.15) is 292 Å². The van der Waals surface area contributed by atoms with Crippen LogP contribution in [0.25, 0.3) is 114 Å². The summed E-state index contributed by atoms with van der Waals surface area (Å²) in [6.07, 6.45) is 49.0. The van der Waals surface area contributed by atoms with Crippen molar-refractivity contribution in [2.75, 3.05) is 22.9 Å². The zero-order valence-corrected chi connectivity index (χ0v) is 93.4. The van der Waals surface area contributed by atoms with Crippen LogP contribution in [0.3, 0.4) is 0 Å². The summed E-state index contributed by atoms with van der Waals surface area (Å²) in [4.78, 5) is 65.9. The summed E-state index contributed by atoms with van der Waals surface area (Å²) in [5.74, 6) is 0.101. The lowest BCUT2D eigenvalue weighted by atomic mass is 9.96. The maximum Gasteiger partial charge on any atom is 0.266 e. The first-order chi connectivity index (χ1) is 69.9. The molecule has 2 amide bonds. The number of thiocarbonyl (C=S) groups is 2. The first-order valence-corrected chi connectivity index (χ1v) is 61.9. The van der Waals surface area contributed by atoms with Crippen LogP contribution in [0.4, 0.5) is 34.1 Å². The zero-order chi connectivity index (χ0) is 97.9. The maximum atomic E-state index is 14.3. The number of amides is 2. The van der Waals surface area contributed by atoms with E-state index in [0.29, 0.717) is 21.7 Å². The molecule has 0 unspecified atom stereocenters. The van der Waals surface area contributed by atoms with E-state index in [4.69, 9.17) is 34.4 Å². The van der Waals surface area contributed by atoms with E-state index in [-0.39, 0.29) is 11.8 Å². The van der Waals surface area contributed by atoms with E-state index in [1.807, 2.05) is 100 Å². The van der Waals surface area contributed by atoms with Gasteiger partial charge in [0.05, 0.1) is 40.0 Å². The number of carbonyl (C=O) groups is 2. The highest BCUT2D eigenvalue weighted by molar-refractivity contribution is 8.27. The van der Waals surface area contributed by atoms with Crippen LogP contribution in [0.5, 0.6) is 0 Å². The first-order valence-electron chi connectivity index (χ1n) is 52.9. The van der Waals surface area contributed by atoms with Crippen molar-refractivity contribution in [3.63, 3.8) is 0 Å². The molecule has 2 saturated heterocycles. The second-order valence-electron chi connectivity index (χ2n) is 38.1. The number of hydrogen-bond donors (Lipinski definition) is 0. The molecule has 0 saturated carbocycles. The average molecular weight is 2100 g/mol. The average Bonchev–Trinajstić information content (AvgIpc) is 1.55. The van der Waals surface area contributed by atoms with Gasteiger partial charge in [0.2, 0.25) is 0 Å². The van der Waals surface area contributed by atoms with Crippen molar-refractivity contribution in [3.05, 3.63) is 260 Å². The Hall–Kier alpha value is -8.58. The second kappa shape index (κ2) is 53.2. The Balaban J connectivity index is 0.817. The molecule has 0 radical (unpaired) electrons. The van der Waals surface area contributed by atoms with E-state index < -0.39 is 0 Å². The third kappa shape index (κ3) is 26.3. The number of hydrogen-bond acceptors (Lipinski definition) is 18. The van der Waals surface area contributed by atoms with Gasteiger partial charge in [0.15, 0.2) is 0 Å². The fourth-order valence-electron chi connectivity index (χ4n) is 19.7. The van der Waals surface area contributed by atoms with Crippen LogP contribution in [0.15, 0.2) is 228 Å². The van der Waals surface area contributed by atoms with Crippen molar-refractivity contribution in [2.45, 2.75) is 286 Å². The summed E-state index contributed by atoms with van der Waals surface area (Å²) in [6, 6.07) is 81.2. The minimum absolute atomic E-state index is 0.0504. The van der Waals surface area contributed by atoms with Crippen LogP contribution in [-0.2, 0) is 35.3 Å². The number of carbonyl (C=O) groups excluding carboxylic acids is 2. The molecule has 0 bridgehead atoms. The van der Waals surface area contributed by atoms with Gasteiger partial charge >= 0.3 is 0 Å². The summed E-state index contributed by atoms with van der Waals surface area (Å²) in [6.45, 7) is 15.1. The third-order valence-corrected chi connectivity index (χ3v) is 40.1. The fourth-order valence-corrected chi connectivity index (χ4v) is 32.1. The molecule has 0 N–H and O–H groups in total. The van der Waals surface area contributed by atoms with Gasteiger partial charge in [-0.1, -0.05) is 366 Å². The van der Waals surface area contributed by atoms with Gasteiger partial charge in [0.1, 0.15) is 18.7 Å². The van der Waals surface area contributed by atoms with E-state index in [0.717, 1.165) is 183 Å². The van der Waals surface area contributed by atoms with Crippen molar-refractivity contribution in [2.24, 2.45) is 0 Å². The lowest BCUT2D eigenvalue weighted by Crippen LogP contribution is -2.28. The second-order valence-corrected chi connectivity index (χ2v) is 49.9. The number of nitrogens with zero attached hydrogens (tertiary/aromatic N) is 6. The Bertz CT molecular complexity index is 6170. The monoisotopic (exact) mass is 2100 g/mol. The van der Waals surface area contributed by atoms with Gasteiger partial charge < -0.3 is 9.80 Å². The third-order valence-electron chi connectivity index (χ3n) is 27.3. The normalized spacial score (nSPS) is 13.6. The molecule has 10 heterocycles. The number of unbranched alkanes of at least 4 members (excludes halogenated alkanes) is 28. The van der Waals surface area contributed by atoms with Gasteiger partial charge in [-0.05, 0) is 231 Å². The molecule has 2 aliphatic heterocycles. The SMILES string of the molecule is CCCCCCCCc1cc(/C=C2\SC(=S)N(CCCCCCC)C2=O)sc1-c1ccc(-c2sc(-c3nc4c(-c5ccc(N(c6ccccc6)c6ccccc6)cc5)c5sc(-c6cc(CCCCCCCC)c(-c7ccc(-c8sc(/C=C9\SC(=S)N(CCCCCCC)C9=O)cc8CCCCCCCC)s7)s6)nc5c(-c5ccc(N(c6ccccc6)c6ccccc6)cc5)c4s3)cc2CCCCCCCC)s1. The minimum Gasteiger partial charge on any atom is -0.311 e. The van der Waals surface area contributed by atoms with Crippen LogP contribution in [0, 0.1) is 0 Å². The van der Waals surface area contributed by atoms with E-state index in [9.17, 15) is 9.59 Å². The van der Waals surface area contributed by atoms with E-state index in [1.165, 1.54) is 261 Å². The van der Waals surface area contributed by atoms with Gasteiger partial charge in [0, 0.05) is 107 Å². The smallest absolute Gasteiger partial charge is 0.266 e. The van der Waals surface area contributed by atoms with Crippen molar-refractivity contribution < 1.29 is 9.59 Å². The number of thioether (sulfide) groups is 2. The van der Waals surface area contributed by atoms with Crippen LogP contribution in [0.2, 0.25) is 0 Å². The van der Waals surface area contributed by atoms with Gasteiger partial charge in [-0.25, -0.2) is 9.97 Å². The topological polar surface area (TPSA) is 72.9 Å². The number of aryl methyl sites for hydroxylation is 4. The minimum atomic E-state index is 0.0504. The molecule has 0 aliphatic carbocycles. The lowest BCUT2D eigenvalue weighted by Gasteiger charge is -2.25. The predicted octanol–water partition coefficient (Wildman–Crippen LogP) is 41.5. The quantitative estimate of drug-likeness (QED) is 0.0209. The molecule has 7 aromatic carbocycles. The Morgan fingerprint density at radius 2 is 0.549 bits per heavy atom. The van der Waals surface area contributed by atoms with Crippen LogP contribution < -0.4 is 9.80 Å². The standard InChI is InChI=1S/C122H136N6O2S12/c1-7-13-19-25-29-39-53-87-79-97(83-105-119(129)125(121(131)139-105)77-51-33-23-17-11-5)133-111(87)99-73-75-101(135-99)113-89(55-41-31-27-21-15-9-3)81-103(137-113)117-123-109-107(85-65-69-95(70-66-85)127(91-57-43-35-44-58-91)92-59-45-36-46-60-92)116-110(108(115(109)141-117)86-67-71-96(72-68-86)128(93-61-47-37-48-62-93)94-63-49-38-50-64-94)124-118(142-116)104-82-90(56-42-32-28-22-16-10-4)114(138-104)102-76-74-100(136-102)112-88(54-40-30-26-20-14-8-2)80-98(134-112)84-106-120(130)126(122(132)140-106)78-52-34-24-18-12-6/h35-38,43-50,57-76,79-84H,7-34,39-42,51-56,77-78H2,1-6H3/b105-83-,106-84-. The van der Waals surface area contributed by atoms with Crippen molar-refractivity contribution in [1.29, 1.82) is 0 Å². The Morgan fingerprint density at radius 1 is 0.282 bits per heavy atom. The fraction of sp³-hybridized carbons (Fsp3) is 0.377. The summed E-state index contributed by atoms with van der Waals surface area (Å²) in [5.41, 5.74) is 18.3. The van der Waals surface area contributed by atoms with Crippen molar-refractivity contribution in [1.82, 2.24) is 19.8 Å². The van der Waals surface area contributed by atoms with Crippen LogP contribution in [-0.4, -0.2) is 53.3 Å². The molecule has 17 rings (SSSR count). The van der Waals surface area contributed by atoms with Gasteiger partial charge in [-0.3, -0.25) is 19.4 Å². The molecule has 0 atom stereocenters. The number of fused-ring (bicyclic) bond motifs is 2. The molecule has 738 valence electrons. The maximum absolute atomic E-state index is 14.3. The molecule has 2 aliphatic rings. The number of thiazole rings is 2. The first kappa shape index (κ1) is 105. The highest BCUT2D eigenvalue weighted by Gasteiger charge is 2.35. The van der Waals surface area contributed by atoms with Crippen molar-refractivity contribution >= 4 is 226 Å². The molecular weight excluding hydrogens is 1970 g/mol. The summed E-state index contributed by atoms with van der Waals surface area (Å²) in [5, 5.41) is 2.02. The molecule has 20 heteroatoms. The van der Waals surface area contributed by atoms with Gasteiger partial charge in [0.25, 0.3) is 11.8 Å². The highest BCUT2D eigenvalue weighted by Crippen LogP contribution is 2.56. The molecule has 0 spiro atoms. The van der Waals surface area contributed by atoms with E-state index in [2.05, 4.69) is 282 Å².